The number of nitrogens with two attached hydrogens (primary N) is 2. The van der Waals surface area contributed by atoms with Gasteiger partial charge >= 0.3 is 0 Å². The van der Waals surface area contributed by atoms with E-state index < -0.39 is 0 Å². The highest BCUT2D eigenvalue weighted by molar-refractivity contribution is 5.77. The quantitative estimate of drug-likeness (QED) is 0.720. The second kappa shape index (κ2) is 6.71. The van der Waals surface area contributed by atoms with Gasteiger partial charge in [0.25, 0.3) is 0 Å². The first-order chi connectivity index (χ1) is 11.0. The molecular weight excluding hydrogens is 284 g/mol. The van der Waals surface area contributed by atoms with Gasteiger partial charge in [-0.25, -0.2) is 0 Å². The molecule has 23 heavy (non-hydrogen) atoms. The van der Waals surface area contributed by atoms with Gasteiger partial charge in [0.1, 0.15) is 11.5 Å². The van der Waals surface area contributed by atoms with Gasteiger partial charge in [0, 0.05) is 33.6 Å². The lowest BCUT2D eigenvalue weighted by Gasteiger charge is -2.13. The lowest BCUT2D eigenvalue weighted by molar-refractivity contribution is 0.482. The van der Waals surface area contributed by atoms with Crippen LogP contribution in [0.1, 0.15) is 22.3 Å². The molecule has 2 rings (SSSR count). The van der Waals surface area contributed by atoms with Gasteiger partial charge in [0.15, 0.2) is 0 Å². The molecule has 2 aromatic carbocycles. The van der Waals surface area contributed by atoms with Crippen molar-refractivity contribution >= 4 is 35.7 Å². The second-order valence-corrected chi connectivity index (χ2v) is 4.95. The number of hydrogen-bond donors (Lipinski definition) is 2. The van der Waals surface area contributed by atoms with Crippen LogP contribution in [0.2, 0.25) is 0 Å². The fourth-order valence-corrected chi connectivity index (χ4v) is 2.27. The number of nitrogen functional groups attached to an aromatic ring is 2. The van der Waals surface area contributed by atoms with E-state index in [0.29, 0.717) is 22.9 Å². The number of hydrogen-bond acceptors (Lipinski definition) is 3. The monoisotopic (exact) mass is 304 g/mol. The van der Waals surface area contributed by atoms with Crippen molar-refractivity contribution < 1.29 is 4.74 Å². The largest absolute Gasteiger partial charge is 0.457 e. The van der Waals surface area contributed by atoms with Crippen molar-refractivity contribution in [3.8, 4) is 11.5 Å². The van der Waals surface area contributed by atoms with Crippen molar-refractivity contribution in [1.82, 2.24) is 0 Å². The first-order valence-corrected chi connectivity index (χ1v) is 7.08. The molecule has 0 unspecified atom stereocenters. The van der Waals surface area contributed by atoms with Crippen LogP contribution in [-0.2, 0) is 0 Å². The summed E-state index contributed by atoms with van der Waals surface area (Å²) in [7, 11) is 0. The molecule has 0 bridgehead atoms. The van der Waals surface area contributed by atoms with E-state index in [1.807, 2.05) is 24.3 Å². The number of ether oxygens (including phenoxy) is 1. The van der Waals surface area contributed by atoms with E-state index in [-0.39, 0.29) is 0 Å². The fourth-order valence-electron chi connectivity index (χ4n) is 2.27. The van der Waals surface area contributed by atoms with Crippen LogP contribution in [-0.4, -0.2) is 0 Å². The number of anilines is 2. The minimum atomic E-state index is 0.623. The first-order valence-electron chi connectivity index (χ1n) is 7.08. The molecule has 0 aliphatic rings. The van der Waals surface area contributed by atoms with E-state index >= 15 is 0 Å². The van der Waals surface area contributed by atoms with Gasteiger partial charge in [-0.1, -0.05) is 50.6 Å². The molecule has 0 aliphatic heterocycles. The van der Waals surface area contributed by atoms with E-state index in [1.54, 1.807) is 24.3 Å². The zero-order valence-electron chi connectivity index (χ0n) is 13.0. The Bertz CT molecular complexity index is 678. The average molecular weight is 304 g/mol. The normalized spacial score (nSPS) is 9.91. The lowest BCUT2D eigenvalue weighted by Crippen LogP contribution is -1.97. The Hall–Kier alpha value is -3.20. The zero-order valence-corrected chi connectivity index (χ0v) is 13.0. The van der Waals surface area contributed by atoms with Crippen molar-refractivity contribution in [2.45, 2.75) is 0 Å². The summed E-state index contributed by atoms with van der Waals surface area (Å²) in [6, 6.07) is 7.30. The average Bonchev–Trinajstić information content (AvgIpc) is 2.57. The topological polar surface area (TPSA) is 61.3 Å². The number of benzene rings is 2. The minimum absolute atomic E-state index is 0.623. The zero-order chi connectivity index (χ0) is 17.0. The molecule has 0 spiro atoms. The SMILES string of the molecule is C=Cc1cc(Oc2cc(C=C)c(N)c(C=C)c2)cc(C=C)c1N. The Morgan fingerprint density at radius 3 is 1.09 bits per heavy atom. The molecule has 0 saturated carbocycles. The molecule has 0 amide bonds. The molecule has 3 nitrogen and oxygen atoms in total. The van der Waals surface area contributed by atoms with Crippen molar-refractivity contribution in [3.63, 3.8) is 0 Å². The van der Waals surface area contributed by atoms with Crippen LogP contribution in [0.15, 0.2) is 50.6 Å². The molecule has 0 aromatic heterocycles. The van der Waals surface area contributed by atoms with Crippen molar-refractivity contribution in [3.05, 3.63) is 72.8 Å². The maximum atomic E-state index is 6.04. The molecule has 0 fully saturated rings. The molecule has 0 saturated heterocycles. The highest BCUT2D eigenvalue weighted by atomic mass is 16.5. The Balaban J connectivity index is 2.51. The summed E-state index contributed by atoms with van der Waals surface area (Å²) in [6.45, 7) is 15.1. The third-order valence-corrected chi connectivity index (χ3v) is 3.55. The predicted molar refractivity (Wildman–Crippen MR) is 102 cm³/mol. The van der Waals surface area contributed by atoms with Gasteiger partial charge < -0.3 is 16.2 Å². The van der Waals surface area contributed by atoms with Crippen LogP contribution in [0.5, 0.6) is 11.5 Å². The van der Waals surface area contributed by atoms with Gasteiger partial charge in [-0.15, -0.1) is 0 Å². The van der Waals surface area contributed by atoms with E-state index in [2.05, 4.69) is 26.3 Å². The molecule has 2 aromatic rings. The molecule has 0 heterocycles. The summed E-state index contributed by atoms with van der Waals surface area (Å²) in [4.78, 5) is 0. The number of rotatable bonds is 6. The Morgan fingerprint density at radius 1 is 0.609 bits per heavy atom. The smallest absolute Gasteiger partial charge is 0.128 e. The highest BCUT2D eigenvalue weighted by Gasteiger charge is 2.09. The summed E-state index contributed by atoms with van der Waals surface area (Å²) < 4.78 is 5.96. The third-order valence-electron chi connectivity index (χ3n) is 3.55. The summed E-state index contributed by atoms with van der Waals surface area (Å²) in [5.74, 6) is 1.28. The van der Waals surface area contributed by atoms with Crippen LogP contribution >= 0.6 is 0 Å². The Labute approximate surface area is 136 Å². The molecular formula is C20H20N2O. The van der Waals surface area contributed by atoms with Gasteiger partial charge in [0.2, 0.25) is 0 Å². The molecule has 0 aliphatic carbocycles. The van der Waals surface area contributed by atoms with Gasteiger partial charge in [-0.3, -0.25) is 0 Å². The predicted octanol–water partition coefficient (Wildman–Crippen LogP) is 5.22. The lowest BCUT2D eigenvalue weighted by atomic mass is 10.1. The maximum Gasteiger partial charge on any atom is 0.128 e. The summed E-state index contributed by atoms with van der Waals surface area (Å²) >= 11 is 0. The van der Waals surface area contributed by atoms with Crippen LogP contribution in [0.3, 0.4) is 0 Å². The van der Waals surface area contributed by atoms with Crippen LogP contribution < -0.4 is 16.2 Å². The van der Waals surface area contributed by atoms with E-state index in [0.717, 1.165) is 22.3 Å². The fraction of sp³-hybridized carbons (Fsp3) is 0. The molecule has 116 valence electrons. The first kappa shape index (κ1) is 16.2. The van der Waals surface area contributed by atoms with E-state index in [1.165, 1.54) is 0 Å². The summed E-state index contributed by atoms with van der Waals surface area (Å²) in [5.41, 5.74) is 16.5. The minimum Gasteiger partial charge on any atom is -0.457 e. The third kappa shape index (κ3) is 3.19. The van der Waals surface area contributed by atoms with Crippen LogP contribution in [0, 0.1) is 0 Å². The van der Waals surface area contributed by atoms with Crippen molar-refractivity contribution in [2.75, 3.05) is 11.5 Å². The van der Waals surface area contributed by atoms with Gasteiger partial charge in [0.05, 0.1) is 0 Å². The standard InChI is InChI=1S/C20H20N2O/c1-5-13-9-17(10-14(6-2)19(13)21)23-18-11-15(7-3)20(22)16(8-4)12-18/h5-12H,1-4,21-22H2. The van der Waals surface area contributed by atoms with Crippen molar-refractivity contribution in [2.24, 2.45) is 0 Å². The van der Waals surface area contributed by atoms with Crippen molar-refractivity contribution in [1.29, 1.82) is 0 Å². The molecule has 0 radical (unpaired) electrons. The second-order valence-electron chi connectivity index (χ2n) is 4.95. The van der Waals surface area contributed by atoms with Crippen LogP contribution in [0.25, 0.3) is 24.3 Å². The molecule has 0 atom stereocenters. The molecule has 4 N–H and O–H groups in total. The van der Waals surface area contributed by atoms with Gasteiger partial charge in [-0.05, 0) is 24.3 Å². The van der Waals surface area contributed by atoms with E-state index in [4.69, 9.17) is 16.2 Å². The summed E-state index contributed by atoms with van der Waals surface area (Å²) in [6.07, 6.45) is 6.73. The summed E-state index contributed by atoms with van der Waals surface area (Å²) in [5, 5.41) is 0. The van der Waals surface area contributed by atoms with Gasteiger partial charge in [-0.2, -0.15) is 0 Å². The Kier molecular flexibility index (Phi) is 4.72. The highest BCUT2D eigenvalue weighted by Crippen LogP contribution is 2.33. The van der Waals surface area contributed by atoms with Crippen LogP contribution in [0.4, 0.5) is 11.4 Å². The maximum absolute atomic E-state index is 6.04. The Morgan fingerprint density at radius 2 is 0.870 bits per heavy atom. The van der Waals surface area contributed by atoms with E-state index in [9.17, 15) is 0 Å². The molecule has 3 heteroatoms.